The van der Waals surface area contributed by atoms with Crippen LogP contribution in [0.2, 0.25) is 0 Å². The molecule has 2 heteroatoms. The van der Waals surface area contributed by atoms with E-state index in [1.807, 2.05) is 7.05 Å². The van der Waals surface area contributed by atoms with Crippen molar-refractivity contribution in [2.45, 2.75) is 32.0 Å². The van der Waals surface area contributed by atoms with Crippen LogP contribution in [0.25, 0.3) is 0 Å². The summed E-state index contributed by atoms with van der Waals surface area (Å²) >= 11 is 0. The Morgan fingerprint density at radius 3 is 2.33 bits per heavy atom. The molecule has 1 N–H and O–H groups in total. The van der Waals surface area contributed by atoms with Gasteiger partial charge < -0.3 is 5.32 Å². The van der Waals surface area contributed by atoms with Gasteiger partial charge in [0.05, 0.1) is 0 Å². The number of hydrogen-bond acceptors (Lipinski definition) is 2. The molecule has 0 bridgehead atoms. The highest BCUT2D eigenvalue weighted by molar-refractivity contribution is 5.22. The number of hydrogen-bond donors (Lipinski definition) is 1. The zero-order valence-electron chi connectivity index (χ0n) is 9.66. The highest BCUT2D eigenvalue weighted by atomic mass is 15.1. The molecule has 1 aliphatic rings. The fourth-order valence-corrected chi connectivity index (χ4v) is 1.90. The summed E-state index contributed by atoms with van der Waals surface area (Å²) in [6.07, 6.45) is 2.77. The summed E-state index contributed by atoms with van der Waals surface area (Å²) in [7, 11) is 4.20. The van der Waals surface area contributed by atoms with Crippen LogP contribution in [0.1, 0.15) is 24.0 Å². The molecule has 82 valence electrons. The SMILES string of the molecule is CNCc1ccc(CN(C)C2CC2)cc1. The van der Waals surface area contributed by atoms with Crippen molar-refractivity contribution < 1.29 is 0 Å². The van der Waals surface area contributed by atoms with Crippen molar-refractivity contribution in [2.24, 2.45) is 0 Å². The quantitative estimate of drug-likeness (QED) is 0.789. The highest BCUT2D eigenvalue weighted by Gasteiger charge is 2.25. The van der Waals surface area contributed by atoms with Gasteiger partial charge in [0.2, 0.25) is 0 Å². The predicted octanol–water partition coefficient (Wildman–Crippen LogP) is 2.00. The molecule has 0 radical (unpaired) electrons. The minimum Gasteiger partial charge on any atom is -0.316 e. The maximum atomic E-state index is 3.16. The molecule has 0 atom stereocenters. The monoisotopic (exact) mass is 204 g/mol. The third-order valence-corrected chi connectivity index (χ3v) is 3.01. The second-order valence-corrected chi connectivity index (χ2v) is 4.49. The van der Waals surface area contributed by atoms with Gasteiger partial charge in [0.15, 0.2) is 0 Å². The van der Waals surface area contributed by atoms with Gasteiger partial charge >= 0.3 is 0 Å². The van der Waals surface area contributed by atoms with E-state index in [0.29, 0.717) is 0 Å². The topological polar surface area (TPSA) is 15.3 Å². The predicted molar refractivity (Wildman–Crippen MR) is 63.7 cm³/mol. The lowest BCUT2D eigenvalue weighted by molar-refractivity contribution is 0.316. The molecule has 0 heterocycles. The molecular weight excluding hydrogens is 184 g/mol. The summed E-state index contributed by atoms with van der Waals surface area (Å²) in [6, 6.07) is 9.76. The molecule has 1 aromatic rings. The maximum Gasteiger partial charge on any atom is 0.0233 e. The molecule has 1 aliphatic carbocycles. The molecule has 0 spiro atoms. The van der Waals surface area contributed by atoms with E-state index in [1.54, 1.807) is 0 Å². The first-order valence-corrected chi connectivity index (χ1v) is 5.72. The number of rotatable bonds is 5. The number of benzene rings is 1. The molecule has 0 aliphatic heterocycles. The van der Waals surface area contributed by atoms with E-state index < -0.39 is 0 Å². The Kier molecular flexibility index (Phi) is 3.39. The second-order valence-electron chi connectivity index (χ2n) is 4.49. The van der Waals surface area contributed by atoms with Crippen LogP contribution in [0.5, 0.6) is 0 Å². The van der Waals surface area contributed by atoms with Gasteiger partial charge in [-0.25, -0.2) is 0 Å². The van der Waals surface area contributed by atoms with Crippen molar-refractivity contribution in [3.8, 4) is 0 Å². The third kappa shape index (κ3) is 3.05. The van der Waals surface area contributed by atoms with E-state index in [2.05, 4.69) is 41.5 Å². The van der Waals surface area contributed by atoms with Gasteiger partial charge in [-0.2, -0.15) is 0 Å². The Morgan fingerprint density at radius 2 is 1.80 bits per heavy atom. The molecule has 0 amide bonds. The average molecular weight is 204 g/mol. The van der Waals surface area contributed by atoms with E-state index in [0.717, 1.165) is 19.1 Å². The van der Waals surface area contributed by atoms with Crippen LogP contribution in [-0.2, 0) is 13.1 Å². The Morgan fingerprint density at radius 1 is 1.20 bits per heavy atom. The average Bonchev–Trinajstić information content (AvgIpc) is 3.04. The fraction of sp³-hybridized carbons (Fsp3) is 0.538. The lowest BCUT2D eigenvalue weighted by Crippen LogP contribution is -2.19. The van der Waals surface area contributed by atoms with Gasteiger partial charge in [-0.15, -0.1) is 0 Å². The van der Waals surface area contributed by atoms with Gasteiger partial charge in [-0.3, -0.25) is 4.90 Å². The van der Waals surface area contributed by atoms with E-state index in [4.69, 9.17) is 0 Å². The van der Waals surface area contributed by atoms with Gasteiger partial charge in [0.25, 0.3) is 0 Å². The zero-order chi connectivity index (χ0) is 10.7. The molecule has 0 saturated heterocycles. The minimum atomic E-state index is 0.849. The first kappa shape index (κ1) is 10.7. The third-order valence-electron chi connectivity index (χ3n) is 3.01. The van der Waals surface area contributed by atoms with Crippen LogP contribution in [-0.4, -0.2) is 25.0 Å². The van der Waals surface area contributed by atoms with E-state index in [-0.39, 0.29) is 0 Å². The number of nitrogens with one attached hydrogen (secondary N) is 1. The first-order chi connectivity index (χ1) is 7.29. The van der Waals surface area contributed by atoms with E-state index >= 15 is 0 Å². The van der Waals surface area contributed by atoms with Gasteiger partial charge in [0.1, 0.15) is 0 Å². The molecule has 2 nitrogen and oxygen atoms in total. The summed E-state index contributed by atoms with van der Waals surface area (Å²) < 4.78 is 0. The van der Waals surface area contributed by atoms with Gasteiger partial charge in [-0.05, 0) is 38.1 Å². The molecule has 1 fully saturated rings. The summed E-state index contributed by atoms with van der Waals surface area (Å²) in [4.78, 5) is 2.45. The lowest BCUT2D eigenvalue weighted by atomic mass is 10.1. The Balaban J connectivity index is 1.91. The Labute approximate surface area is 92.3 Å². The fourth-order valence-electron chi connectivity index (χ4n) is 1.90. The Hall–Kier alpha value is -0.860. The maximum absolute atomic E-state index is 3.16. The smallest absolute Gasteiger partial charge is 0.0233 e. The van der Waals surface area contributed by atoms with E-state index in [9.17, 15) is 0 Å². The minimum absolute atomic E-state index is 0.849. The second kappa shape index (κ2) is 4.77. The molecule has 15 heavy (non-hydrogen) atoms. The van der Waals surface area contributed by atoms with E-state index in [1.165, 1.54) is 24.0 Å². The van der Waals surface area contributed by atoms with Crippen LogP contribution < -0.4 is 5.32 Å². The van der Waals surface area contributed by atoms with Gasteiger partial charge in [0, 0.05) is 19.1 Å². The van der Waals surface area contributed by atoms with Crippen molar-refractivity contribution in [3.63, 3.8) is 0 Å². The standard InChI is InChI=1S/C13H20N2/c1-14-9-11-3-5-12(6-4-11)10-15(2)13-7-8-13/h3-6,13-14H,7-10H2,1-2H3. The highest BCUT2D eigenvalue weighted by Crippen LogP contribution is 2.26. The molecule has 0 unspecified atom stereocenters. The zero-order valence-corrected chi connectivity index (χ0v) is 9.66. The van der Waals surface area contributed by atoms with Crippen LogP contribution in [0.4, 0.5) is 0 Å². The van der Waals surface area contributed by atoms with Crippen LogP contribution in [0.3, 0.4) is 0 Å². The normalized spacial score (nSPS) is 15.9. The van der Waals surface area contributed by atoms with Gasteiger partial charge in [-0.1, -0.05) is 24.3 Å². The summed E-state index contributed by atoms with van der Waals surface area (Å²) in [5.41, 5.74) is 2.78. The molecule has 1 saturated carbocycles. The first-order valence-electron chi connectivity index (χ1n) is 5.72. The summed E-state index contributed by atoms with van der Waals surface area (Å²) in [5, 5.41) is 3.16. The summed E-state index contributed by atoms with van der Waals surface area (Å²) in [6.45, 7) is 2.04. The van der Waals surface area contributed by atoms with Crippen molar-refractivity contribution in [2.75, 3.05) is 14.1 Å². The number of nitrogens with zero attached hydrogens (tertiary/aromatic N) is 1. The van der Waals surface area contributed by atoms with Crippen LogP contribution in [0.15, 0.2) is 24.3 Å². The summed E-state index contributed by atoms with van der Waals surface area (Å²) in [5.74, 6) is 0. The Bertz CT molecular complexity index is 301. The largest absolute Gasteiger partial charge is 0.316 e. The van der Waals surface area contributed by atoms with Crippen LogP contribution in [0, 0.1) is 0 Å². The van der Waals surface area contributed by atoms with Crippen molar-refractivity contribution in [1.29, 1.82) is 0 Å². The van der Waals surface area contributed by atoms with Crippen LogP contribution >= 0.6 is 0 Å². The molecule has 2 rings (SSSR count). The molecule has 1 aromatic carbocycles. The van der Waals surface area contributed by atoms with Crippen molar-refractivity contribution in [1.82, 2.24) is 10.2 Å². The lowest BCUT2D eigenvalue weighted by Gasteiger charge is -2.15. The molecule has 0 aromatic heterocycles. The molecular formula is C13H20N2. The van der Waals surface area contributed by atoms with Crippen molar-refractivity contribution >= 4 is 0 Å². The van der Waals surface area contributed by atoms with Crippen molar-refractivity contribution in [3.05, 3.63) is 35.4 Å².